The minimum Gasteiger partial charge on any atom is -0.346 e. The fourth-order valence-electron chi connectivity index (χ4n) is 1.06. The summed E-state index contributed by atoms with van der Waals surface area (Å²) < 4.78 is 12.5. The molecule has 0 unspecified atom stereocenters. The predicted molar refractivity (Wildman–Crippen MR) is 35.4 cm³/mol. The van der Waals surface area contributed by atoms with Gasteiger partial charge >= 0.3 is 0 Å². The summed E-state index contributed by atoms with van der Waals surface area (Å²) in [5, 5.41) is 2.54. The van der Waals surface area contributed by atoms with Crippen molar-refractivity contribution in [1.29, 1.82) is 0 Å². The summed E-state index contributed by atoms with van der Waals surface area (Å²) in [5.41, 5.74) is 0.974. The van der Waals surface area contributed by atoms with Crippen LogP contribution in [0.5, 0.6) is 0 Å². The van der Waals surface area contributed by atoms with E-state index in [-0.39, 0.29) is 5.91 Å². The molecule has 0 aromatic carbocycles. The highest BCUT2D eigenvalue weighted by Crippen LogP contribution is 2.12. The molecule has 56 valence electrons. The summed E-state index contributed by atoms with van der Waals surface area (Å²) in [4.78, 5) is 14.7. The lowest BCUT2D eigenvalue weighted by Gasteiger charge is -1.92. The Bertz CT molecular complexity index is 324. The molecule has 1 aromatic heterocycles. The van der Waals surface area contributed by atoms with Crippen LogP contribution in [0.1, 0.15) is 16.1 Å². The van der Waals surface area contributed by atoms with Gasteiger partial charge in [0, 0.05) is 0 Å². The number of fused-ring (bicyclic) bond motifs is 1. The normalized spacial score (nSPS) is 14.5. The molecule has 0 saturated heterocycles. The van der Waals surface area contributed by atoms with E-state index >= 15 is 0 Å². The number of rotatable bonds is 0. The molecule has 1 aliphatic heterocycles. The van der Waals surface area contributed by atoms with Crippen LogP contribution in [0.15, 0.2) is 12.3 Å². The van der Waals surface area contributed by atoms with Crippen molar-refractivity contribution in [3.63, 3.8) is 0 Å². The molecule has 0 spiro atoms. The van der Waals surface area contributed by atoms with Crippen LogP contribution in [0.3, 0.4) is 0 Å². The van der Waals surface area contributed by atoms with Crippen LogP contribution >= 0.6 is 0 Å². The largest absolute Gasteiger partial charge is 0.346 e. The van der Waals surface area contributed by atoms with Gasteiger partial charge in [-0.1, -0.05) is 0 Å². The molecule has 0 bridgehead atoms. The number of amides is 1. The van der Waals surface area contributed by atoms with Crippen molar-refractivity contribution in [2.45, 2.75) is 6.54 Å². The van der Waals surface area contributed by atoms with E-state index in [0.717, 1.165) is 6.20 Å². The van der Waals surface area contributed by atoms with Gasteiger partial charge in [0.2, 0.25) is 0 Å². The Kier molecular flexibility index (Phi) is 1.15. The minimum atomic E-state index is -0.471. The molecule has 1 aliphatic rings. The fourth-order valence-corrected chi connectivity index (χ4v) is 1.06. The highest BCUT2D eigenvalue weighted by molar-refractivity contribution is 5.97. The molecule has 2 rings (SSSR count). The van der Waals surface area contributed by atoms with E-state index < -0.39 is 5.82 Å². The summed E-state index contributed by atoms with van der Waals surface area (Å²) in [5.74, 6) is -0.715. The van der Waals surface area contributed by atoms with Gasteiger partial charge < -0.3 is 5.32 Å². The van der Waals surface area contributed by atoms with Crippen LogP contribution in [-0.4, -0.2) is 10.9 Å². The lowest BCUT2D eigenvalue weighted by atomic mass is 10.2. The highest BCUT2D eigenvalue weighted by atomic mass is 19.1. The number of carbonyl (C=O) groups is 1. The molecule has 3 nitrogen and oxygen atoms in total. The quantitative estimate of drug-likeness (QED) is 0.587. The molecule has 0 fully saturated rings. The van der Waals surface area contributed by atoms with Gasteiger partial charge in [-0.25, -0.2) is 4.39 Å². The molecule has 0 radical (unpaired) electrons. The van der Waals surface area contributed by atoms with Gasteiger partial charge in [0.1, 0.15) is 5.82 Å². The smallest absolute Gasteiger partial charge is 0.253 e. The Hall–Kier alpha value is -1.45. The zero-order chi connectivity index (χ0) is 7.84. The third-order valence-electron chi connectivity index (χ3n) is 1.60. The molecule has 0 saturated carbocycles. The fraction of sp³-hybridized carbons (Fsp3) is 0.143. The maximum absolute atomic E-state index is 12.5. The molecule has 1 N–H and O–H groups in total. The van der Waals surface area contributed by atoms with Gasteiger partial charge in [0.25, 0.3) is 5.91 Å². The Balaban J connectivity index is 2.60. The second kappa shape index (κ2) is 2.02. The third kappa shape index (κ3) is 0.869. The number of aromatic nitrogens is 1. The van der Waals surface area contributed by atoms with Gasteiger partial charge in [0.15, 0.2) is 0 Å². The Morgan fingerprint density at radius 3 is 3.27 bits per heavy atom. The van der Waals surface area contributed by atoms with E-state index in [1.54, 1.807) is 0 Å². The number of pyridine rings is 1. The topological polar surface area (TPSA) is 42.0 Å². The van der Waals surface area contributed by atoms with Gasteiger partial charge in [-0.2, -0.15) is 0 Å². The first kappa shape index (κ1) is 6.27. The van der Waals surface area contributed by atoms with E-state index in [0.29, 0.717) is 17.8 Å². The summed E-state index contributed by atoms with van der Waals surface area (Å²) in [7, 11) is 0. The number of hydrogen-bond donors (Lipinski definition) is 1. The Morgan fingerprint density at radius 2 is 2.45 bits per heavy atom. The van der Waals surface area contributed by atoms with Crippen LogP contribution in [0.4, 0.5) is 4.39 Å². The van der Waals surface area contributed by atoms with Gasteiger partial charge in [-0.15, -0.1) is 0 Å². The highest BCUT2D eigenvalue weighted by Gasteiger charge is 2.19. The van der Waals surface area contributed by atoms with Gasteiger partial charge in [-0.05, 0) is 6.07 Å². The molecular formula is C7H5FN2O. The average Bonchev–Trinajstić information content (AvgIpc) is 2.33. The first-order valence-electron chi connectivity index (χ1n) is 3.20. The molecule has 1 amide bonds. The third-order valence-corrected chi connectivity index (χ3v) is 1.60. The van der Waals surface area contributed by atoms with Crippen molar-refractivity contribution < 1.29 is 9.18 Å². The van der Waals surface area contributed by atoms with Crippen LogP contribution < -0.4 is 5.32 Å². The molecule has 0 aliphatic carbocycles. The summed E-state index contributed by atoms with van der Waals surface area (Å²) in [6.45, 7) is 0.411. The van der Waals surface area contributed by atoms with Crippen LogP contribution in [-0.2, 0) is 6.54 Å². The average molecular weight is 152 g/mol. The molecule has 2 heterocycles. The first-order chi connectivity index (χ1) is 5.27. The van der Waals surface area contributed by atoms with Gasteiger partial charge in [-0.3, -0.25) is 9.78 Å². The minimum absolute atomic E-state index is 0.244. The number of halogens is 1. The second-order valence-electron chi connectivity index (χ2n) is 2.33. The molecule has 11 heavy (non-hydrogen) atoms. The summed E-state index contributed by atoms with van der Waals surface area (Å²) in [6, 6.07) is 1.20. The van der Waals surface area contributed by atoms with Crippen molar-refractivity contribution >= 4 is 5.91 Å². The summed E-state index contributed by atoms with van der Waals surface area (Å²) >= 11 is 0. The zero-order valence-electron chi connectivity index (χ0n) is 5.60. The van der Waals surface area contributed by atoms with E-state index in [4.69, 9.17) is 0 Å². The summed E-state index contributed by atoms with van der Waals surface area (Å²) in [6.07, 6.45) is 1.11. The Labute approximate surface area is 62.3 Å². The second-order valence-corrected chi connectivity index (χ2v) is 2.33. The van der Waals surface area contributed by atoms with Crippen molar-refractivity contribution in [3.8, 4) is 0 Å². The van der Waals surface area contributed by atoms with Crippen LogP contribution in [0, 0.1) is 5.82 Å². The van der Waals surface area contributed by atoms with E-state index in [9.17, 15) is 9.18 Å². The van der Waals surface area contributed by atoms with E-state index in [1.807, 2.05) is 0 Å². The maximum Gasteiger partial charge on any atom is 0.253 e. The SMILES string of the molecule is O=C1NCc2ncc(F)cc21. The van der Waals surface area contributed by atoms with Crippen molar-refractivity contribution in [1.82, 2.24) is 10.3 Å². The van der Waals surface area contributed by atoms with Crippen molar-refractivity contribution in [3.05, 3.63) is 29.3 Å². The zero-order valence-corrected chi connectivity index (χ0v) is 5.60. The molecule has 4 heteroatoms. The maximum atomic E-state index is 12.5. The number of nitrogens with zero attached hydrogens (tertiary/aromatic N) is 1. The van der Waals surface area contributed by atoms with E-state index in [2.05, 4.69) is 10.3 Å². The lowest BCUT2D eigenvalue weighted by Crippen LogP contribution is -2.12. The number of carbonyl (C=O) groups excluding carboxylic acids is 1. The molecule has 0 atom stereocenters. The monoisotopic (exact) mass is 152 g/mol. The lowest BCUT2D eigenvalue weighted by molar-refractivity contribution is 0.0965. The van der Waals surface area contributed by atoms with Gasteiger partial charge in [0.05, 0.1) is 24.0 Å². The number of nitrogens with one attached hydrogen (secondary N) is 1. The predicted octanol–water partition coefficient (Wildman–Crippen LogP) is 0.464. The van der Waals surface area contributed by atoms with Crippen molar-refractivity contribution in [2.75, 3.05) is 0 Å². The molecule has 1 aromatic rings. The van der Waals surface area contributed by atoms with Crippen LogP contribution in [0.2, 0.25) is 0 Å². The van der Waals surface area contributed by atoms with E-state index in [1.165, 1.54) is 6.07 Å². The molecular weight excluding hydrogens is 147 g/mol. The number of hydrogen-bond acceptors (Lipinski definition) is 2. The van der Waals surface area contributed by atoms with Crippen LogP contribution in [0.25, 0.3) is 0 Å². The first-order valence-corrected chi connectivity index (χ1v) is 3.20. The van der Waals surface area contributed by atoms with Crippen molar-refractivity contribution in [2.24, 2.45) is 0 Å². The Morgan fingerprint density at radius 1 is 1.64 bits per heavy atom. The standard InChI is InChI=1S/C7H5FN2O/c8-4-1-5-6(9-2-4)3-10-7(5)11/h1-2H,3H2,(H,10,11).